The molecule has 90 valence electrons. The molecule has 0 heterocycles. The number of hydrogen-bond donors (Lipinski definition) is 3. The second kappa shape index (κ2) is 5.69. The maximum absolute atomic E-state index is 9.78. The summed E-state index contributed by atoms with van der Waals surface area (Å²) in [5.41, 5.74) is 0.378. The number of aliphatic hydroxyl groups excluding tert-OH is 3. The molecule has 0 aliphatic heterocycles. The summed E-state index contributed by atoms with van der Waals surface area (Å²) < 4.78 is 10.2. The van der Waals surface area contributed by atoms with Crippen LogP contribution in [0.25, 0.3) is 0 Å². The molecule has 1 aromatic carbocycles. The van der Waals surface area contributed by atoms with Gasteiger partial charge in [0, 0.05) is 5.56 Å². The lowest BCUT2D eigenvalue weighted by atomic mass is 10.0. The van der Waals surface area contributed by atoms with Crippen molar-refractivity contribution in [1.82, 2.24) is 0 Å². The molecule has 0 aliphatic rings. The first-order valence-electron chi connectivity index (χ1n) is 4.83. The lowest BCUT2D eigenvalue weighted by Gasteiger charge is -2.19. The van der Waals surface area contributed by atoms with Crippen LogP contribution in [-0.4, -0.2) is 42.3 Å². The summed E-state index contributed by atoms with van der Waals surface area (Å²) in [6.45, 7) is -0.526. The highest BCUT2D eigenvalue weighted by molar-refractivity contribution is 5.47. The lowest BCUT2D eigenvalue weighted by Crippen LogP contribution is -2.22. The van der Waals surface area contributed by atoms with Crippen LogP contribution < -0.4 is 9.47 Å². The number of ether oxygens (including phenoxy) is 2. The highest BCUT2D eigenvalue weighted by Gasteiger charge is 2.22. The smallest absolute Gasteiger partial charge is 0.166 e. The van der Waals surface area contributed by atoms with Crippen LogP contribution in [0.5, 0.6) is 11.5 Å². The van der Waals surface area contributed by atoms with Gasteiger partial charge in [-0.3, -0.25) is 0 Å². The third-order valence-corrected chi connectivity index (χ3v) is 2.30. The van der Waals surface area contributed by atoms with Gasteiger partial charge in [-0.15, -0.1) is 0 Å². The number of methoxy groups -OCH3 is 2. The van der Waals surface area contributed by atoms with E-state index < -0.39 is 18.8 Å². The van der Waals surface area contributed by atoms with Crippen molar-refractivity contribution in [2.75, 3.05) is 20.8 Å². The van der Waals surface area contributed by atoms with E-state index in [4.69, 9.17) is 14.6 Å². The Morgan fingerprint density at radius 2 is 1.88 bits per heavy atom. The first kappa shape index (κ1) is 12.8. The van der Waals surface area contributed by atoms with Crippen molar-refractivity contribution in [3.05, 3.63) is 23.8 Å². The number of rotatable bonds is 5. The topological polar surface area (TPSA) is 79.2 Å². The van der Waals surface area contributed by atoms with Gasteiger partial charge in [0.15, 0.2) is 11.5 Å². The van der Waals surface area contributed by atoms with Crippen LogP contribution in [0.15, 0.2) is 18.2 Å². The molecule has 2 atom stereocenters. The van der Waals surface area contributed by atoms with Gasteiger partial charge in [0.2, 0.25) is 0 Å². The Morgan fingerprint density at radius 1 is 1.19 bits per heavy atom. The molecule has 0 amide bonds. The van der Waals surface area contributed by atoms with Gasteiger partial charge in [0.25, 0.3) is 0 Å². The van der Waals surface area contributed by atoms with E-state index in [1.54, 1.807) is 18.2 Å². The summed E-state index contributed by atoms with van der Waals surface area (Å²) in [7, 11) is 2.93. The molecule has 2 unspecified atom stereocenters. The van der Waals surface area contributed by atoms with Crippen LogP contribution in [-0.2, 0) is 0 Å². The molecule has 0 spiro atoms. The summed E-state index contributed by atoms with van der Waals surface area (Å²) >= 11 is 0. The zero-order chi connectivity index (χ0) is 12.1. The molecule has 0 aromatic heterocycles. The average molecular weight is 228 g/mol. The van der Waals surface area contributed by atoms with Crippen LogP contribution >= 0.6 is 0 Å². The van der Waals surface area contributed by atoms with Crippen LogP contribution in [0.2, 0.25) is 0 Å². The SMILES string of the molecule is COc1cccc(C(O)C(O)CO)c1OC. The van der Waals surface area contributed by atoms with E-state index in [1.165, 1.54) is 14.2 Å². The summed E-state index contributed by atoms with van der Waals surface area (Å²) in [5.74, 6) is 0.814. The Morgan fingerprint density at radius 3 is 2.38 bits per heavy atom. The summed E-state index contributed by atoms with van der Waals surface area (Å²) in [6, 6.07) is 4.95. The molecule has 16 heavy (non-hydrogen) atoms. The quantitative estimate of drug-likeness (QED) is 0.665. The Bertz CT molecular complexity index is 339. The molecular weight excluding hydrogens is 212 g/mol. The minimum atomic E-state index is -1.25. The molecule has 1 aromatic rings. The maximum atomic E-state index is 9.78. The minimum absolute atomic E-state index is 0.352. The number of aliphatic hydroxyl groups is 3. The summed E-state index contributed by atoms with van der Waals surface area (Å²) in [4.78, 5) is 0. The Hall–Kier alpha value is -1.30. The van der Waals surface area contributed by atoms with Gasteiger partial charge in [0.1, 0.15) is 12.2 Å². The van der Waals surface area contributed by atoms with Crippen molar-refractivity contribution in [2.24, 2.45) is 0 Å². The third kappa shape index (κ3) is 2.44. The Labute approximate surface area is 93.9 Å². The van der Waals surface area contributed by atoms with Crippen molar-refractivity contribution >= 4 is 0 Å². The van der Waals surface area contributed by atoms with E-state index in [0.29, 0.717) is 17.1 Å². The average Bonchev–Trinajstić information content (AvgIpc) is 2.35. The molecule has 0 radical (unpaired) electrons. The van der Waals surface area contributed by atoms with Gasteiger partial charge in [-0.1, -0.05) is 12.1 Å². The molecule has 0 bridgehead atoms. The van der Waals surface area contributed by atoms with E-state index in [9.17, 15) is 10.2 Å². The van der Waals surface area contributed by atoms with Gasteiger partial charge < -0.3 is 24.8 Å². The van der Waals surface area contributed by atoms with Crippen LogP contribution in [0.4, 0.5) is 0 Å². The standard InChI is InChI=1S/C11H16O5/c1-15-9-5-3-4-7(11(9)16-2)10(14)8(13)6-12/h3-5,8,10,12-14H,6H2,1-2H3. The molecule has 0 saturated carbocycles. The molecule has 0 saturated heterocycles. The van der Waals surface area contributed by atoms with E-state index >= 15 is 0 Å². The largest absolute Gasteiger partial charge is 0.493 e. The van der Waals surface area contributed by atoms with E-state index in [1.807, 2.05) is 0 Å². The van der Waals surface area contributed by atoms with Gasteiger partial charge in [-0.25, -0.2) is 0 Å². The van der Waals surface area contributed by atoms with Crippen molar-refractivity contribution in [3.8, 4) is 11.5 Å². The van der Waals surface area contributed by atoms with Crippen molar-refractivity contribution in [3.63, 3.8) is 0 Å². The highest BCUT2D eigenvalue weighted by Crippen LogP contribution is 2.35. The molecule has 5 nitrogen and oxygen atoms in total. The fourth-order valence-corrected chi connectivity index (χ4v) is 1.45. The molecule has 3 N–H and O–H groups in total. The summed E-state index contributed by atoms with van der Waals surface area (Å²) in [6.07, 6.45) is -2.46. The van der Waals surface area contributed by atoms with Crippen LogP contribution in [0.3, 0.4) is 0 Å². The van der Waals surface area contributed by atoms with E-state index in [2.05, 4.69) is 0 Å². The van der Waals surface area contributed by atoms with Crippen LogP contribution in [0, 0.1) is 0 Å². The number of hydrogen-bond acceptors (Lipinski definition) is 5. The Balaban J connectivity index is 3.12. The molecule has 5 heteroatoms. The number of para-hydroxylation sites is 1. The molecular formula is C11H16O5. The molecule has 0 aliphatic carbocycles. The fraction of sp³-hybridized carbons (Fsp3) is 0.455. The molecule has 1 rings (SSSR count). The van der Waals surface area contributed by atoms with Crippen molar-refractivity contribution in [2.45, 2.75) is 12.2 Å². The van der Waals surface area contributed by atoms with Crippen molar-refractivity contribution < 1.29 is 24.8 Å². The van der Waals surface area contributed by atoms with E-state index in [-0.39, 0.29) is 0 Å². The highest BCUT2D eigenvalue weighted by atomic mass is 16.5. The predicted molar refractivity (Wildman–Crippen MR) is 57.6 cm³/mol. The second-order valence-electron chi connectivity index (χ2n) is 3.28. The third-order valence-electron chi connectivity index (χ3n) is 2.30. The maximum Gasteiger partial charge on any atom is 0.166 e. The van der Waals surface area contributed by atoms with Gasteiger partial charge >= 0.3 is 0 Å². The normalized spacial score (nSPS) is 14.3. The van der Waals surface area contributed by atoms with Gasteiger partial charge in [0.05, 0.1) is 20.8 Å². The van der Waals surface area contributed by atoms with Gasteiger partial charge in [-0.2, -0.15) is 0 Å². The lowest BCUT2D eigenvalue weighted by molar-refractivity contribution is -0.0163. The first-order chi connectivity index (χ1) is 7.65. The summed E-state index contributed by atoms with van der Waals surface area (Å²) in [5, 5.41) is 27.9. The monoisotopic (exact) mass is 228 g/mol. The molecule has 0 fully saturated rings. The fourth-order valence-electron chi connectivity index (χ4n) is 1.45. The van der Waals surface area contributed by atoms with E-state index in [0.717, 1.165) is 0 Å². The zero-order valence-electron chi connectivity index (χ0n) is 9.25. The first-order valence-corrected chi connectivity index (χ1v) is 4.83. The van der Waals surface area contributed by atoms with Crippen LogP contribution in [0.1, 0.15) is 11.7 Å². The number of benzene rings is 1. The second-order valence-corrected chi connectivity index (χ2v) is 3.28. The zero-order valence-corrected chi connectivity index (χ0v) is 9.25. The minimum Gasteiger partial charge on any atom is -0.493 e. The van der Waals surface area contributed by atoms with Gasteiger partial charge in [-0.05, 0) is 6.07 Å². The Kier molecular flexibility index (Phi) is 4.54. The predicted octanol–water partition coefficient (Wildman–Crippen LogP) is 0.0904. The van der Waals surface area contributed by atoms with Crippen molar-refractivity contribution in [1.29, 1.82) is 0 Å².